The zero-order valence-electron chi connectivity index (χ0n) is 34.3. The van der Waals surface area contributed by atoms with Crippen molar-refractivity contribution < 1.29 is 42.9 Å². The topological polar surface area (TPSA) is 260 Å². The monoisotopic (exact) mass is 973 g/mol. The van der Waals surface area contributed by atoms with E-state index in [2.05, 4.69) is 35.2 Å². The fourth-order valence-corrected chi connectivity index (χ4v) is 4.44. The number of aromatic nitrogens is 3. The number of rotatable bonds is 4. The molecule has 0 unspecified atom stereocenters. The number of alkyl halides is 2. The highest BCUT2D eigenvalue weighted by molar-refractivity contribution is 7.19. The van der Waals surface area contributed by atoms with Crippen molar-refractivity contribution >= 4 is 127 Å². The highest BCUT2D eigenvalue weighted by Gasteiger charge is 2.24. The molecule has 0 bridgehead atoms. The van der Waals surface area contributed by atoms with Crippen LogP contribution in [0.15, 0.2) is 18.6 Å². The van der Waals surface area contributed by atoms with Gasteiger partial charge in [0.05, 0.1) is 18.5 Å². The van der Waals surface area contributed by atoms with Gasteiger partial charge in [-0.15, -0.1) is 70.7 Å². The van der Waals surface area contributed by atoms with Crippen LogP contribution in [0.25, 0.3) is 4.85 Å². The van der Waals surface area contributed by atoms with Crippen molar-refractivity contribution in [2.24, 2.45) is 5.73 Å². The molecular formula is C34H59Cl4N9O9S3. The Morgan fingerprint density at radius 1 is 0.695 bits per heavy atom. The Kier molecular flexibility index (Phi) is 34.2. The van der Waals surface area contributed by atoms with E-state index in [-0.39, 0.29) is 44.1 Å². The maximum absolute atomic E-state index is 11.6. The molecule has 0 spiro atoms. The first kappa shape index (κ1) is 64.5. The highest BCUT2D eigenvalue weighted by Crippen LogP contribution is 2.22. The lowest BCUT2D eigenvalue weighted by Gasteiger charge is -2.20. The summed E-state index contributed by atoms with van der Waals surface area (Å²) in [5.74, 6) is 0. The molecule has 0 fully saturated rings. The van der Waals surface area contributed by atoms with Gasteiger partial charge in [-0.25, -0.2) is 39.0 Å². The summed E-state index contributed by atoms with van der Waals surface area (Å²) >= 11 is 13.4. The van der Waals surface area contributed by atoms with Crippen molar-refractivity contribution in [2.45, 2.75) is 126 Å². The van der Waals surface area contributed by atoms with Crippen LogP contribution in [0.1, 0.15) is 100 Å². The Morgan fingerprint density at radius 2 is 1.10 bits per heavy atom. The van der Waals surface area contributed by atoms with Crippen LogP contribution in [0.4, 0.5) is 39.6 Å². The summed E-state index contributed by atoms with van der Waals surface area (Å²) in [5, 5.41) is 7.37. The largest absolute Gasteiger partial charge is 0.519 e. The van der Waals surface area contributed by atoms with Crippen molar-refractivity contribution in [3.8, 4) is 0 Å². The second-order valence-corrected chi connectivity index (χ2v) is 18.4. The molecule has 3 aromatic heterocycles. The number of nitrogens with one attached hydrogen (secondary N) is 2. The molecule has 18 nitrogen and oxygen atoms in total. The predicted octanol–water partition coefficient (Wildman–Crippen LogP) is 10.7. The molecule has 0 radical (unpaired) electrons. The van der Waals surface area contributed by atoms with Gasteiger partial charge in [0.25, 0.3) is 5.00 Å². The normalized spacial score (nSPS) is 10.1. The van der Waals surface area contributed by atoms with Crippen LogP contribution >= 0.6 is 82.0 Å². The molecule has 59 heavy (non-hydrogen) atoms. The fourth-order valence-electron chi connectivity index (χ4n) is 2.67. The maximum atomic E-state index is 11.6. The number of ether oxygens (including phenoxy) is 5. The van der Waals surface area contributed by atoms with E-state index in [1.807, 2.05) is 0 Å². The van der Waals surface area contributed by atoms with Gasteiger partial charge in [0.1, 0.15) is 22.4 Å². The third-order valence-corrected chi connectivity index (χ3v) is 6.79. The van der Waals surface area contributed by atoms with Crippen LogP contribution in [0.2, 0.25) is 0 Å². The van der Waals surface area contributed by atoms with E-state index in [1.54, 1.807) is 95.5 Å². The van der Waals surface area contributed by atoms with Crippen LogP contribution in [-0.2, 0) is 36.8 Å². The number of nitrogen functional groups attached to an aromatic ring is 2. The SMILES string of the molecule is C.CC(C)(C)OC(=O)NCc1cnc(NC(=O)OC(C)(C)C)s1.CC(C)(C)OC(=O)OC(=O)OC(C)(C)C.Cl.Cl.ClCCl.NCc1cnc(N)s1.[C-]#[N+]c1cnc(N)s1. The number of carbonyl (C=O) groups is 4. The fraction of sp³-hybridized carbons (Fsp3) is 0.588. The number of amides is 2. The molecule has 3 rings (SSSR count). The average molecular weight is 976 g/mol. The van der Waals surface area contributed by atoms with Gasteiger partial charge in [0, 0.05) is 34.9 Å². The second kappa shape index (κ2) is 31.3. The van der Waals surface area contributed by atoms with Gasteiger partial charge < -0.3 is 46.2 Å². The summed E-state index contributed by atoms with van der Waals surface area (Å²) in [6, 6.07) is 0. The van der Waals surface area contributed by atoms with Crippen LogP contribution < -0.4 is 27.8 Å². The average Bonchev–Trinajstić information content (AvgIpc) is 3.74. The molecule has 25 heteroatoms. The minimum Gasteiger partial charge on any atom is -0.444 e. The van der Waals surface area contributed by atoms with Gasteiger partial charge in [-0.2, -0.15) is 0 Å². The van der Waals surface area contributed by atoms with Crippen LogP contribution in [-0.4, -0.2) is 67.2 Å². The summed E-state index contributed by atoms with van der Waals surface area (Å²) in [7, 11) is 0. The molecule has 0 saturated carbocycles. The van der Waals surface area contributed by atoms with Gasteiger partial charge in [-0.1, -0.05) is 18.8 Å². The minimum atomic E-state index is -1.06. The second-order valence-electron chi connectivity index (χ2n) is 14.3. The van der Waals surface area contributed by atoms with Gasteiger partial charge in [0.15, 0.2) is 15.4 Å². The number of nitrogens with zero attached hydrogens (tertiary/aromatic N) is 4. The van der Waals surface area contributed by atoms with Crippen molar-refractivity contribution in [3.63, 3.8) is 0 Å². The summed E-state index contributed by atoms with van der Waals surface area (Å²) < 4.78 is 24.1. The summed E-state index contributed by atoms with van der Waals surface area (Å²) in [6.07, 6.45) is 1.56. The molecule has 8 N–H and O–H groups in total. The van der Waals surface area contributed by atoms with Crippen molar-refractivity contribution in [1.29, 1.82) is 0 Å². The van der Waals surface area contributed by atoms with Gasteiger partial charge in [-0.3, -0.25) is 5.32 Å². The lowest BCUT2D eigenvalue weighted by atomic mass is 10.2. The van der Waals surface area contributed by atoms with Crippen LogP contribution in [0.3, 0.4) is 0 Å². The first-order chi connectivity index (χ1) is 25.5. The Labute approximate surface area is 381 Å². The molecule has 0 atom stereocenters. The number of halogens is 4. The van der Waals surface area contributed by atoms with Crippen LogP contribution in [0, 0.1) is 6.57 Å². The number of thiazole rings is 3. The third-order valence-electron chi connectivity index (χ3n) is 4.31. The highest BCUT2D eigenvalue weighted by atomic mass is 35.5. The van der Waals surface area contributed by atoms with Gasteiger partial charge >= 0.3 is 24.5 Å². The summed E-state index contributed by atoms with van der Waals surface area (Å²) in [6.45, 7) is 28.1. The molecule has 340 valence electrons. The molecule has 0 aliphatic carbocycles. The lowest BCUT2D eigenvalue weighted by molar-refractivity contribution is -0.0294. The zero-order chi connectivity index (χ0) is 43.9. The minimum absolute atomic E-state index is 0. The van der Waals surface area contributed by atoms with E-state index in [0.717, 1.165) is 9.75 Å². The Bertz CT molecular complexity index is 1650. The van der Waals surface area contributed by atoms with E-state index in [4.69, 9.17) is 65.9 Å². The van der Waals surface area contributed by atoms with E-state index in [9.17, 15) is 19.2 Å². The van der Waals surface area contributed by atoms with E-state index < -0.39 is 46.9 Å². The number of alkyl carbamates (subject to hydrolysis) is 1. The molecule has 0 saturated heterocycles. The molecule has 0 aliphatic heterocycles. The Hall–Kier alpha value is -3.62. The molecule has 2 amide bonds. The van der Waals surface area contributed by atoms with Crippen molar-refractivity contribution in [2.75, 3.05) is 22.1 Å². The molecule has 0 aromatic carbocycles. The number of hydrogen-bond acceptors (Lipinski definition) is 18. The standard InChI is InChI=1S/C14H23N3O4S.C10H18O5.C4H3N3S.C4H7N3S.CH2Cl2.CH4.2ClH/c1-13(2,3)20-11(18)16-8-9-7-15-10(22-9)17-12(19)21-14(4,5)6;1-9(2,3)14-7(11)13-8(12)15-10(4,5)6;1-6-3-2-7-4(5)8-3;5-1-3-2-7-4(6)8-3;2-1-3;;;/h7H,8H2,1-6H3,(H,16,18)(H,15,17,19);1-6H3;2H,(H2,5,7);2H,1,5H2,(H2,6,7);1H2;1H4;2*1H. The molecule has 0 aliphatic rings. The molecule has 3 heterocycles. The van der Waals surface area contributed by atoms with Crippen LogP contribution in [0.5, 0.6) is 0 Å². The third kappa shape index (κ3) is 40.9. The number of carbonyl (C=O) groups excluding carboxylic acids is 4. The van der Waals surface area contributed by atoms with E-state index >= 15 is 0 Å². The maximum Gasteiger partial charge on any atom is 0.519 e. The number of hydrogen-bond donors (Lipinski definition) is 5. The van der Waals surface area contributed by atoms with Crippen molar-refractivity contribution in [3.05, 3.63) is 39.8 Å². The summed E-state index contributed by atoms with van der Waals surface area (Å²) in [5.41, 5.74) is 13.3. The van der Waals surface area contributed by atoms with Crippen molar-refractivity contribution in [1.82, 2.24) is 20.3 Å². The van der Waals surface area contributed by atoms with Gasteiger partial charge in [0.2, 0.25) is 0 Å². The van der Waals surface area contributed by atoms with E-state index in [0.29, 0.717) is 26.9 Å². The van der Waals surface area contributed by atoms with Gasteiger partial charge in [-0.05, 0) is 83.1 Å². The predicted molar refractivity (Wildman–Crippen MR) is 244 cm³/mol. The first-order valence-corrected chi connectivity index (χ1v) is 19.7. The Morgan fingerprint density at radius 3 is 1.42 bits per heavy atom. The number of anilines is 3. The quantitative estimate of drug-likeness (QED) is 0.0535. The zero-order valence-corrected chi connectivity index (χ0v) is 39.9. The number of nitrogens with two attached hydrogens (primary N) is 3. The molecule has 3 aromatic rings. The smallest absolute Gasteiger partial charge is 0.444 e. The molecular weight excluding hydrogens is 916 g/mol. The first-order valence-electron chi connectivity index (χ1n) is 16.2. The summed E-state index contributed by atoms with van der Waals surface area (Å²) in [4.78, 5) is 61.6. The Balaban J connectivity index is -0.000000227. The van der Waals surface area contributed by atoms with E-state index in [1.165, 1.54) is 40.2 Å². The lowest BCUT2D eigenvalue weighted by Crippen LogP contribution is -2.31.